The molecule has 5 nitrogen and oxygen atoms in total. The van der Waals surface area contributed by atoms with Crippen LogP contribution in [0, 0.1) is 17.1 Å². The van der Waals surface area contributed by atoms with E-state index in [1.165, 1.54) is 30.3 Å². The van der Waals surface area contributed by atoms with Crippen molar-refractivity contribution in [2.75, 3.05) is 4.72 Å². The SMILES string of the molecule is N#Cc1ccc(S(=O)(=O)Nc2ccc(O)cc2F)cc1. The van der Waals surface area contributed by atoms with E-state index >= 15 is 0 Å². The van der Waals surface area contributed by atoms with Crippen LogP contribution in [0.1, 0.15) is 5.56 Å². The maximum absolute atomic E-state index is 13.5. The first kappa shape index (κ1) is 13.8. The first-order chi connectivity index (χ1) is 9.42. The number of rotatable bonds is 3. The number of hydrogen-bond donors (Lipinski definition) is 2. The molecule has 0 aliphatic rings. The van der Waals surface area contributed by atoms with Crippen LogP contribution in [-0.4, -0.2) is 13.5 Å². The number of hydrogen-bond acceptors (Lipinski definition) is 4. The number of nitrogens with zero attached hydrogens (tertiary/aromatic N) is 1. The summed E-state index contributed by atoms with van der Waals surface area (Å²) in [6.07, 6.45) is 0. The largest absolute Gasteiger partial charge is 0.508 e. The third-order valence-corrected chi connectivity index (χ3v) is 3.87. The van der Waals surface area contributed by atoms with Gasteiger partial charge in [-0.15, -0.1) is 0 Å². The molecule has 0 saturated heterocycles. The normalized spacial score (nSPS) is 10.8. The molecule has 2 aromatic carbocycles. The highest BCUT2D eigenvalue weighted by Crippen LogP contribution is 2.22. The summed E-state index contributed by atoms with van der Waals surface area (Å²) in [5.41, 5.74) is 0.0481. The minimum absolute atomic E-state index is 0.0935. The van der Waals surface area contributed by atoms with E-state index in [0.717, 1.165) is 12.1 Å². The van der Waals surface area contributed by atoms with Crippen LogP contribution in [-0.2, 0) is 10.0 Å². The van der Waals surface area contributed by atoms with Crippen LogP contribution in [0.4, 0.5) is 10.1 Å². The van der Waals surface area contributed by atoms with Crippen molar-refractivity contribution in [1.29, 1.82) is 5.26 Å². The van der Waals surface area contributed by atoms with Crippen LogP contribution in [0.2, 0.25) is 0 Å². The first-order valence-corrected chi connectivity index (χ1v) is 6.92. The van der Waals surface area contributed by atoms with Crippen LogP contribution in [0.15, 0.2) is 47.4 Å². The summed E-state index contributed by atoms with van der Waals surface area (Å²) in [7, 11) is -3.95. The minimum atomic E-state index is -3.95. The Labute approximate surface area is 115 Å². The predicted octanol–water partition coefficient (Wildman–Crippen LogP) is 2.20. The van der Waals surface area contributed by atoms with Gasteiger partial charge in [-0.25, -0.2) is 12.8 Å². The maximum Gasteiger partial charge on any atom is 0.261 e. The molecule has 0 aliphatic heterocycles. The molecule has 2 rings (SSSR count). The minimum Gasteiger partial charge on any atom is -0.508 e. The Balaban J connectivity index is 2.33. The zero-order chi connectivity index (χ0) is 14.8. The van der Waals surface area contributed by atoms with Gasteiger partial charge >= 0.3 is 0 Å². The van der Waals surface area contributed by atoms with Gasteiger partial charge in [0, 0.05) is 6.07 Å². The van der Waals surface area contributed by atoms with Gasteiger partial charge < -0.3 is 5.11 Å². The highest BCUT2D eigenvalue weighted by atomic mass is 32.2. The lowest BCUT2D eigenvalue weighted by Crippen LogP contribution is -2.13. The van der Waals surface area contributed by atoms with Crippen LogP contribution < -0.4 is 4.72 Å². The van der Waals surface area contributed by atoms with E-state index in [1.54, 1.807) is 0 Å². The number of benzene rings is 2. The van der Waals surface area contributed by atoms with Crippen molar-refractivity contribution in [3.63, 3.8) is 0 Å². The summed E-state index contributed by atoms with van der Waals surface area (Å²) >= 11 is 0. The number of phenolic OH excluding ortho intramolecular Hbond substituents is 1. The molecule has 102 valence electrons. The van der Waals surface area contributed by atoms with Gasteiger partial charge in [-0.05, 0) is 36.4 Å². The van der Waals surface area contributed by atoms with Crippen LogP contribution in [0.3, 0.4) is 0 Å². The van der Waals surface area contributed by atoms with Gasteiger partial charge in [-0.3, -0.25) is 4.72 Å². The summed E-state index contributed by atoms with van der Waals surface area (Å²) in [6, 6.07) is 10.1. The van der Waals surface area contributed by atoms with E-state index in [9.17, 15) is 12.8 Å². The molecule has 0 radical (unpaired) electrons. The van der Waals surface area contributed by atoms with Gasteiger partial charge in [-0.2, -0.15) is 5.26 Å². The Kier molecular flexibility index (Phi) is 3.59. The molecule has 2 aromatic rings. The fraction of sp³-hybridized carbons (Fsp3) is 0. The summed E-state index contributed by atoms with van der Waals surface area (Å²) in [4.78, 5) is -0.0935. The Morgan fingerprint density at radius 1 is 1.15 bits per heavy atom. The highest BCUT2D eigenvalue weighted by Gasteiger charge is 2.16. The van der Waals surface area contributed by atoms with Crippen molar-refractivity contribution in [3.8, 4) is 11.8 Å². The molecule has 0 aliphatic carbocycles. The molecular weight excluding hydrogens is 283 g/mol. The summed E-state index contributed by atoms with van der Waals surface area (Å²) in [5.74, 6) is -1.19. The van der Waals surface area contributed by atoms with Crippen LogP contribution in [0.5, 0.6) is 5.75 Å². The second kappa shape index (κ2) is 5.19. The highest BCUT2D eigenvalue weighted by molar-refractivity contribution is 7.92. The van der Waals surface area contributed by atoms with Crippen molar-refractivity contribution in [2.24, 2.45) is 0 Å². The van der Waals surface area contributed by atoms with E-state index in [1.807, 2.05) is 6.07 Å². The topological polar surface area (TPSA) is 90.2 Å². The Hall–Kier alpha value is -2.59. The Bertz CT molecular complexity index is 780. The van der Waals surface area contributed by atoms with E-state index in [4.69, 9.17) is 10.4 Å². The van der Waals surface area contributed by atoms with E-state index in [2.05, 4.69) is 4.72 Å². The molecule has 0 aromatic heterocycles. The molecule has 0 bridgehead atoms. The van der Waals surface area contributed by atoms with Gasteiger partial charge in [0.05, 0.1) is 22.2 Å². The first-order valence-electron chi connectivity index (χ1n) is 5.44. The molecule has 0 saturated carbocycles. The zero-order valence-corrected chi connectivity index (χ0v) is 10.9. The molecule has 0 unspecified atom stereocenters. The van der Waals surface area contributed by atoms with Crippen molar-refractivity contribution >= 4 is 15.7 Å². The second-order valence-corrected chi connectivity index (χ2v) is 5.59. The average molecular weight is 292 g/mol. The molecule has 20 heavy (non-hydrogen) atoms. The number of halogens is 1. The van der Waals surface area contributed by atoms with Crippen molar-refractivity contribution in [3.05, 3.63) is 53.8 Å². The fourth-order valence-corrected chi connectivity index (χ4v) is 2.57. The maximum atomic E-state index is 13.5. The monoisotopic (exact) mass is 292 g/mol. The van der Waals surface area contributed by atoms with Gasteiger partial charge in [0.25, 0.3) is 10.0 Å². The number of nitrogens with one attached hydrogen (secondary N) is 1. The summed E-state index contributed by atoms with van der Waals surface area (Å²) in [5, 5.41) is 17.7. The molecule has 0 heterocycles. The summed E-state index contributed by atoms with van der Waals surface area (Å²) in [6.45, 7) is 0. The molecule has 0 spiro atoms. The smallest absolute Gasteiger partial charge is 0.261 e. The number of sulfonamides is 1. The Morgan fingerprint density at radius 2 is 1.80 bits per heavy atom. The number of phenols is 1. The number of aromatic hydroxyl groups is 1. The average Bonchev–Trinajstić information content (AvgIpc) is 2.42. The van der Waals surface area contributed by atoms with Crippen LogP contribution >= 0.6 is 0 Å². The quantitative estimate of drug-likeness (QED) is 0.849. The summed E-state index contributed by atoms with van der Waals surface area (Å²) < 4.78 is 39.6. The van der Waals surface area contributed by atoms with Gasteiger partial charge in [0.2, 0.25) is 0 Å². The predicted molar refractivity (Wildman–Crippen MR) is 70.0 cm³/mol. The van der Waals surface area contributed by atoms with Gasteiger partial charge in [0.1, 0.15) is 5.75 Å². The molecule has 7 heteroatoms. The number of nitriles is 1. The lowest BCUT2D eigenvalue weighted by atomic mass is 10.2. The molecular formula is C13H9FN2O3S. The third kappa shape index (κ3) is 2.87. The van der Waals surface area contributed by atoms with Crippen LogP contribution in [0.25, 0.3) is 0 Å². The van der Waals surface area contributed by atoms with E-state index in [0.29, 0.717) is 5.56 Å². The molecule has 0 amide bonds. The molecule has 0 atom stereocenters. The molecule has 2 N–H and O–H groups in total. The lowest BCUT2D eigenvalue weighted by Gasteiger charge is -2.09. The van der Waals surface area contributed by atoms with E-state index in [-0.39, 0.29) is 16.3 Å². The second-order valence-electron chi connectivity index (χ2n) is 3.91. The fourth-order valence-electron chi connectivity index (χ4n) is 1.50. The molecule has 0 fully saturated rings. The number of anilines is 1. The van der Waals surface area contributed by atoms with Crippen molar-refractivity contribution in [1.82, 2.24) is 0 Å². The Morgan fingerprint density at radius 3 is 2.35 bits per heavy atom. The van der Waals surface area contributed by atoms with Crippen molar-refractivity contribution < 1.29 is 17.9 Å². The lowest BCUT2D eigenvalue weighted by molar-refractivity contribution is 0.469. The zero-order valence-electron chi connectivity index (χ0n) is 10.0. The van der Waals surface area contributed by atoms with Gasteiger partial charge in [-0.1, -0.05) is 0 Å². The van der Waals surface area contributed by atoms with Gasteiger partial charge in [0.15, 0.2) is 5.82 Å². The van der Waals surface area contributed by atoms with Crippen molar-refractivity contribution in [2.45, 2.75) is 4.90 Å². The van der Waals surface area contributed by atoms with E-state index < -0.39 is 15.8 Å². The third-order valence-electron chi connectivity index (χ3n) is 2.49. The standard InChI is InChI=1S/C13H9FN2O3S/c14-12-7-10(17)3-6-13(12)16-20(18,19)11-4-1-9(8-15)2-5-11/h1-7,16-17H.